The van der Waals surface area contributed by atoms with E-state index in [9.17, 15) is 18.0 Å². The smallest absolute Gasteiger partial charge is 0.277 e. The van der Waals surface area contributed by atoms with Crippen molar-refractivity contribution in [2.24, 2.45) is 16.8 Å². The van der Waals surface area contributed by atoms with Crippen molar-refractivity contribution in [1.82, 2.24) is 14.5 Å². The second-order valence-electron chi connectivity index (χ2n) is 5.31. The molecule has 1 saturated heterocycles. The van der Waals surface area contributed by atoms with Gasteiger partial charge in [-0.15, -0.1) is 12.4 Å². The lowest BCUT2D eigenvalue weighted by Gasteiger charge is -2.33. The van der Waals surface area contributed by atoms with E-state index in [4.69, 9.17) is 10.9 Å². The lowest BCUT2D eigenvalue weighted by Crippen LogP contribution is -2.54. The number of carbonyl (C=O) groups is 2. The second kappa shape index (κ2) is 8.63. The molecule has 2 amide bonds. The van der Waals surface area contributed by atoms with Gasteiger partial charge in [-0.1, -0.05) is 13.8 Å². The third kappa shape index (κ3) is 6.05. The summed E-state index contributed by atoms with van der Waals surface area (Å²) in [6.07, 6.45) is 0. The summed E-state index contributed by atoms with van der Waals surface area (Å²) < 4.78 is 23.4. The van der Waals surface area contributed by atoms with Crippen molar-refractivity contribution < 1.29 is 18.0 Å². The Hall–Kier alpha value is -0.940. The quantitative estimate of drug-likeness (QED) is 0.515. The average Bonchev–Trinajstić information content (AvgIpc) is 2.42. The Morgan fingerprint density at radius 2 is 1.68 bits per heavy atom. The number of halogens is 1. The van der Waals surface area contributed by atoms with E-state index in [0.717, 1.165) is 4.31 Å². The summed E-state index contributed by atoms with van der Waals surface area (Å²) in [5.41, 5.74) is 5.67. The SMILES string of the molecule is CC(C)[C@H](N)C(=O)NCC(=O)N1CCN(S(N)(=O)=O)CC1.Cl. The molecule has 22 heavy (non-hydrogen) atoms. The van der Waals surface area contributed by atoms with Crippen LogP contribution in [0.3, 0.4) is 0 Å². The van der Waals surface area contributed by atoms with Gasteiger partial charge in [0.1, 0.15) is 0 Å². The first-order chi connectivity index (χ1) is 9.62. The topological polar surface area (TPSA) is 139 Å². The summed E-state index contributed by atoms with van der Waals surface area (Å²) in [4.78, 5) is 25.1. The van der Waals surface area contributed by atoms with Crippen LogP contribution in [0.15, 0.2) is 0 Å². The lowest BCUT2D eigenvalue weighted by atomic mass is 10.1. The number of hydrogen-bond donors (Lipinski definition) is 3. The maximum Gasteiger partial charge on any atom is 0.277 e. The fourth-order valence-corrected chi connectivity index (χ4v) is 2.56. The monoisotopic (exact) mass is 357 g/mol. The van der Waals surface area contributed by atoms with Gasteiger partial charge >= 0.3 is 0 Å². The zero-order valence-corrected chi connectivity index (χ0v) is 14.3. The van der Waals surface area contributed by atoms with E-state index >= 15 is 0 Å². The van der Waals surface area contributed by atoms with Crippen LogP contribution < -0.4 is 16.2 Å². The molecule has 1 rings (SSSR count). The van der Waals surface area contributed by atoms with Crippen LogP contribution in [0.5, 0.6) is 0 Å². The highest BCUT2D eigenvalue weighted by atomic mass is 35.5. The number of carbonyl (C=O) groups excluding carboxylic acids is 2. The first-order valence-electron chi connectivity index (χ1n) is 6.72. The summed E-state index contributed by atoms with van der Waals surface area (Å²) in [6.45, 7) is 4.31. The molecule has 0 radical (unpaired) electrons. The molecule has 130 valence electrons. The third-order valence-electron chi connectivity index (χ3n) is 3.39. The normalized spacial score (nSPS) is 17.8. The van der Waals surface area contributed by atoms with E-state index in [1.54, 1.807) is 0 Å². The summed E-state index contributed by atoms with van der Waals surface area (Å²) in [6, 6.07) is -0.656. The number of nitrogens with two attached hydrogens (primary N) is 2. The van der Waals surface area contributed by atoms with Crippen LogP contribution in [-0.2, 0) is 19.8 Å². The van der Waals surface area contributed by atoms with Crippen molar-refractivity contribution in [3.63, 3.8) is 0 Å². The molecule has 0 aromatic carbocycles. The first-order valence-corrected chi connectivity index (χ1v) is 8.22. The van der Waals surface area contributed by atoms with Gasteiger partial charge in [0.2, 0.25) is 11.8 Å². The van der Waals surface area contributed by atoms with Crippen molar-refractivity contribution in [1.29, 1.82) is 0 Å². The number of hydrogen-bond acceptors (Lipinski definition) is 5. The number of nitrogens with one attached hydrogen (secondary N) is 1. The minimum atomic E-state index is -3.71. The lowest BCUT2D eigenvalue weighted by molar-refractivity contribution is -0.134. The van der Waals surface area contributed by atoms with Gasteiger partial charge < -0.3 is 16.0 Å². The molecule has 0 spiro atoms. The number of nitrogens with zero attached hydrogens (tertiary/aromatic N) is 2. The molecule has 0 aliphatic carbocycles. The standard InChI is InChI=1S/C11H23N5O4S.ClH/c1-8(2)10(12)11(18)14-7-9(17)15-3-5-16(6-4-15)21(13,19)20;/h8,10H,3-7,12H2,1-2H3,(H,14,18)(H2,13,19,20);1H/t10-;/m0./s1. The first kappa shape index (κ1) is 21.1. The molecule has 1 fully saturated rings. The maximum atomic E-state index is 11.9. The van der Waals surface area contributed by atoms with Gasteiger partial charge in [-0.2, -0.15) is 12.7 Å². The number of amides is 2. The van der Waals surface area contributed by atoms with Crippen LogP contribution in [-0.4, -0.2) is 68.2 Å². The van der Waals surface area contributed by atoms with Gasteiger partial charge in [-0.05, 0) is 5.92 Å². The highest BCUT2D eigenvalue weighted by molar-refractivity contribution is 7.86. The van der Waals surface area contributed by atoms with Crippen LogP contribution in [0, 0.1) is 5.92 Å². The van der Waals surface area contributed by atoms with E-state index in [1.807, 2.05) is 13.8 Å². The Morgan fingerprint density at radius 1 is 1.18 bits per heavy atom. The maximum absolute atomic E-state index is 11.9. The van der Waals surface area contributed by atoms with E-state index < -0.39 is 16.3 Å². The van der Waals surface area contributed by atoms with Gasteiger partial charge in [0, 0.05) is 26.2 Å². The number of rotatable bonds is 5. The fourth-order valence-electron chi connectivity index (χ4n) is 1.89. The molecule has 5 N–H and O–H groups in total. The van der Waals surface area contributed by atoms with Crippen molar-refractivity contribution >= 4 is 34.4 Å². The highest BCUT2D eigenvalue weighted by Crippen LogP contribution is 2.04. The molecule has 1 aliphatic heterocycles. The molecule has 0 aromatic heterocycles. The van der Waals surface area contributed by atoms with Crippen molar-refractivity contribution in [3.8, 4) is 0 Å². The molecule has 9 nitrogen and oxygen atoms in total. The molecule has 0 saturated carbocycles. The summed E-state index contributed by atoms with van der Waals surface area (Å²) in [5.74, 6) is -0.659. The van der Waals surface area contributed by atoms with Crippen molar-refractivity contribution in [3.05, 3.63) is 0 Å². The van der Waals surface area contributed by atoms with Gasteiger partial charge in [0.15, 0.2) is 0 Å². The van der Waals surface area contributed by atoms with Crippen LogP contribution in [0.1, 0.15) is 13.8 Å². The van der Waals surface area contributed by atoms with Crippen molar-refractivity contribution in [2.75, 3.05) is 32.7 Å². The Labute approximate surface area is 137 Å². The van der Waals surface area contributed by atoms with Crippen LogP contribution in [0.4, 0.5) is 0 Å². The Morgan fingerprint density at radius 3 is 2.09 bits per heavy atom. The molecule has 1 atom stereocenters. The Bertz CT molecular complexity index is 491. The minimum Gasteiger partial charge on any atom is -0.346 e. The molecule has 0 aromatic rings. The minimum absolute atomic E-state index is 0. The molecule has 0 bridgehead atoms. The number of piperazine rings is 1. The largest absolute Gasteiger partial charge is 0.346 e. The van der Waals surface area contributed by atoms with Gasteiger partial charge in [0.05, 0.1) is 12.6 Å². The molecule has 1 aliphatic rings. The van der Waals surface area contributed by atoms with Crippen molar-refractivity contribution in [2.45, 2.75) is 19.9 Å². The van der Waals surface area contributed by atoms with Crippen LogP contribution >= 0.6 is 12.4 Å². The van der Waals surface area contributed by atoms with Crippen LogP contribution in [0.2, 0.25) is 0 Å². The fraction of sp³-hybridized carbons (Fsp3) is 0.818. The van der Waals surface area contributed by atoms with Crippen LogP contribution in [0.25, 0.3) is 0 Å². The molecule has 1 heterocycles. The zero-order valence-electron chi connectivity index (χ0n) is 12.7. The zero-order chi connectivity index (χ0) is 16.2. The highest BCUT2D eigenvalue weighted by Gasteiger charge is 2.27. The van der Waals surface area contributed by atoms with E-state index in [1.165, 1.54) is 4.90 Å². The average molecular weight is 358 g/mol. The Kier molecular flexibility index (Phi) is 8.26. The second-order valence-corrected chi connectivity index (χ2v) is 6.86. The third-order valence-corrected chi connectivity index (χ3v) is 4.47. The van der Waals surface area contributed by atoms with Gasteiger partial charge in [-0.3, -0.25) is 9.59 Å². The van der Waals surface area contributed by atoms with E-state index in [-0.39, 0.29) is 62.9 Å². The molecular weight excluding hydrogens is 334 g/mol. The summed E-state index contributed by atoms with van der Waals surface area (Å²) in [7, 11) is -3.71. The van der Waals surface area contributed by atoms with E-state index in [0.29, 0.717) is 0 Å². The molecule has 11 heteroatoms. The Balaban J connectivity index is 0.00000441. The molecule has 0 unspecified atom stereocenters. The predicted molar refractivity (Wildman–Crippen MR) is 84.3 cm³/mol. The molecular formula is C11H24ClN5O4S. The summed E-state index contributed by atoms with van der Waals surface area (Å²) >= 11 is 0. The van der Waals surface area contributed by atoms with E-state index in [2.05, 4.69) is 5.32 Å². The predicted octanol–water partition coefficient (Wildman–Crippen LogP) is -2.14. The summed E-state index contributed by atoms with van der Waals surface area (Å²) in [5, 5.41) is 7.51. The van der Waals surface area contributed by atoms with Gasteiger partial charge in [-0.25, -0.2) is 5.14 Å². The van der Waals surface area contributed by atoms with Gasteiger partial charge in [0.25, 0.3) is 10.2 Å².